The fraction of sp³-hybridized carbons (Fsp3) is 0.872. The monoisotopic (exact) mass is 1010 g/mol. The number of nitrogens with one attached hydrogen (secondary N) is 2. The third-order valence-corrected chi connectivity index (χ3v) is 12.3. The van der Waals surface area contributed by atoms with E-state index in [4.69, 9.17) is 47.4 Å². The number of hydrogen-bond donors (Lipinski definition) is 17. The summed E-state index contributed by atoms with van der Waals surface area (Å²) in [6, 6.07) is -3.51. The number of carbonyl (C=O) groups is 3. The molecule has 0 aromatic carbocycles. The van der Waals surface area contributed by atoms with E-state index in [0.29, 0.717) is 0 Å². The molecule has 5 saturated heterocycles. The SMILES string of the molecule is C=CO[C@@H]1O[C@H](CO)[C@H](O)C(O[C@@H]2O[C@H](CO)[C@@H](O[C@H]3O[C@H](C)[C@H](O)[C@H](O)[C@H]3O)[C@H](O[C@@H]3O[C@H](CO)[C@H](O)[C@H](O[C@]4(C(=O)O)C[C@H](O)[C@@H](NC(C)=O)[C@H]([C@@H](O)[C@H](O)CO)O4)[C@H]3O)[C@H]2NC(C)=O)[C@H]1O. The lowest BCUT2D eigenvalue weighted by molar-refractivity contribution is -0.396. The Bertz CT molecular complexity index is 1710. The van der Waals surface area contributed by atoms with Gasteiger partial charge in [-0.05, 0) is 6.92 Å². The van der Waals surface area contributed by atoms with Gasteiger partial charge in [0.1, 0.15) is 110 Å². The van der Waals surface area contributed by atoms with E-state index in [1.165, 1.54) is 6.92 Å². The van der Waals surface area contributed by atoms with Crippen molar-refractivity contribution in [3.05, 3.63) is 12.8 Å². The van der Waals surface area contributed by atoms with Crippen molar-refractivity contribution in [2.75, 3.05) is 26.4 Å². The quantitative estimate of drug-likeness (QED) is 0.0534. The highest BCUT2D eigenvalue weighted by molar-refractivity contribution is 5.76. The molecule has 1 unspecified atom stereocenters. The van der Waals surface area contributed by atoms with E-state index < -0.39 is 210 Å². The van der Waals surface area contributed by atoms with E-state index in [1.807, 2.05) is 0 Å². The van der Waals surface area contributed by atoms with Crippen LogP contribution in [0.15, 0.2) is 12.8 Å². The predicted molar refractivity (Wildman–Crippen MR) is 215 cm³/mol. The average Bonchev–Trinajstić information content (AvgIpc) is 3.30. The van der Waals surface area contributed by atoms with Gasteiger partial charge < -0.3 is 135 Å². The van der Waals surface area contributed by atoms with Gasteiger partial charge in [0, 0.05) is 20.3 Å². The van der Waals surface area contributed by atoms with Crippen LogP contribution < -0.4 is 10.6 Å². The van der Waals surface area contributed by atoms with E-state index >= 15 is 0 Å². The first-order valence-corrected chi connectivity index (χ1v) is 21.7. The number of hydrogen-bond acceptors (Lipinski definition) is 27. The second-order valence-corrected chi connectivity index (χ2v) is 17.1. The number of carboxylic acids is 1. The lowest BCUT2D eigenvalue weighted by Crippen LogP contribution is -2.72. The minimum Gasteiger partial charge on any atom is -0.477 e. The maximum Gasteiger partial charge on any atom is 0.364 e. The van der Waals surface area contributed by atoms with Gasteiger partial charge in [0.2, 0.25) is 18.1 Å². The van der Waals surface area contributed by atoms with Crippen LogP contribution in [0.1, 0.15) is 27.2 Å². The third kappa shape index (κ3) is 12.3. The fourth-order valence-electron chi connectivity index (χ4n) is 8.67. The van der Waals surface area contributed by atoms with Crippen molar-refractivity contribution in [2.45, 2.75) is 186 Å². The van der Waals surface area contributed by atoms with Crippen molar-refractivity contribution in [3.8, 4) is 0 Å². The molecule has 5 fully saturated rings. The van der Waals surface area contributed by atoms with Crippen molar-refractivity contribution < 1.29 is 138 Å². The molecule has 0 radical (unpaired) electrons. The van der Waals surface area contributed by atoms with Crippen LogP contribution in [0.4, 0.5) is 0 Å². The summed E-state index contributed by atoms with van der Waals surface area (Å²) in [6.45, 7) is 2.47. The van der Waals surface area contributed by atoms with Gasteiger partial charge in [-0.25, -0.2) is 4.79 Å². The number of aliphatic hydroxyl groups is 14. The van der Waals surface area contributed by atoms with Crippen LogP contribution in [0.3, 0.4) is 0 Å². The standard InChI is InChI=1S/C39H64N2O28/c1-5-60-35-27(56)32(23(52)16(8-43)62-35)67-34-20(41-13(4)47)31(29(18(10-45)64-34)65-36-26(55)25(54)21(50)11(2)61-36)66-37-28(57)33(24(53)17(9-44)63-37)69-39(38(58)59)6-14(48)19(40-12(3)46)30(68-39)22(51)15(49)7-42/h5,11,14-37,42-45,48-57H,1,6-10H2,2-4H3,(H,40,46)(H,41,47)(H,58,59)/t11-,14+,15-,16-,17-,18-,19-,20-,21+,22+,23+,24+,25+,26-,27-,28-,29-,30-,31-,32?,33+,34+,35-,36-,37+,39+/m1/s1. The molecule has 0 aliphatic carbocycles. The van der Waals surface area contributed by atoms with Crippen LogP contribution in [-0.2, 0) is 61.8 Å². The largest absolute Gasteiger partial charge is 0.477 e. The molecule has 26 atom stereocenters. The number of amides is 2. The zero-order valence-corrected chi connectivity index (χ0v) is 37.3. The van der Waals surface area contributed by atoms with Crippen molar-refractivity contribution in [1.29, 1.82) is 0 Å². The summed E-state index contributed by atoms with van der Waals surface area (Å²) in [5.41, 5.74) is 0. The molecular formula is C39H64N2O28. The summed E-state index contributed by atoms with van der Waals surface area (Å²) in [7, 11) is 0. The topological polar surface area (TPSA) is 471 Å². The van der Waals surface area contributed by atoms with E-state index in [2.05, 4.69) is 17.2 Å². The minimum absolute atomic E-state index is 0.819. The normalized spacial score (nSPS) is 46.0. The maximum atomic E-state index is 13.1. The fourth-order valence-corrected chi connectivity index (χ4v) is 8.67. The Kier molecular flexibility index (Phi) is 19.9. The van der Waals surface area contributed by atoms with Crippen molar-refractivity contribution in [1.82, 2.24) is 10.6 Å². The number of aliphatic hydroxyl groups excluding tert-OH is 14. The Labute approximate surface area is 392 Å². The molecule has 5 heterocycles. The molecule has 5 aliphatic rings. The minimum atomic E-state index is -3.21. The average molecular weight is 1010 g/mol. The Morgan fingerprint density at radius 1 is 0.652 bits per heavy atom. The number of rotatable bonds is 19. The lowest BCUT2D eigenvalue weighted by atomic mass is 9.88. The van der Waals surface area contributed by atoms with Crippen LogP contribution in [0.2, 0.25) is 0 Å². The zero-order valence-electron chi connectivity index (χ0n) is 37.3. The summed E-state index contributed by atoms with van der Waals surface area (Å²) in [4.78, 5) is 38.2. The van der Waals surface area contributed by atoms with Crippen LogP contribution >= 0.6 is 0 Å². The number of aliphatic carboxylic acids is 1. The van der Waals surface area contributed by atoms with Crippen LogP contribution in [0.25, 0.3) is 0 Å². The van der Waals surface area contributed by atoms with Gasteiger partial charge in [0.15, 0.2) is 18.9 Å². The first kappa shape index (κ1) is 56.9. The second kappa shape index (κ2) is 24.2. The molecule has 5 rings (SSSR count). The van der Waals surface area contributed by atoms with Gasteiger partial charge in [-0.3, -0.25) is 9.59 Å². The first-order chi connectivity index (χ1) is 32.5. The van der Waals surface area contributed by atoms with Crippen LogP contribution in [0.5, 0.6) is 0 Å². The second-order valence-electron chi connectivity index (χ2n) is 17.1. The summed E-state index contributed by atoms with van der Waals surface area (Å²) in [6.07, 6.45) is -45.0. The highest BCUT2D eigenvalue weighted by Gasteiger charge is 2.61. The van der Waals surface area contributed by atoms with Crippen molar-refractivity contribution in [2.24, 2.45) is 0 Å². The molecular weight excluding hydrogens is 944 g/mol. The molecule has 30 heteroatoms. The third-order valence-electron chi connectivity index (χ3n) is 12.3. The van der Waals surface area contributed by atoms with E-state index in [9.17, 15) is 91.0 Å². The van der Waals surface area contributed by atoms with Crippen molar-refractivity contribution in [3.63, 3.8) is 0 Å². The van der Waals surface area contributed by atoms with Crippen molar-refractivity contribution >= 4 is 17.8 Å². The highest BCUT2D eigenvalue weighted by Crippen LogP contribution is 2.40. The Hall–Kier alpha value is -2.97. The van der Waals surface area contributed by atoms with Gasteiger partial charge in [-0.1, -0.05) is 6.58 Å². The molecule has 0 aromatic heterocycles. The van der Waals surface area contributed by atoms with E-state index in [-0.39, 0.29) is 0 Å². The van der Waals surface area contributed by atoms with E-state index in [0.717, 1.165) is 20.1 Å². The van der Waals surface area contributed by atoms with Crippen LogP contribution in [0, 0.1) is 0 Å². The maximum absolute atomic E-state index is 13.1. The van der Waals surface area contributed by atoms with Crippen LogP contribution in [-0.4, -0.2) is 280 Å². The summed E-state index contributed by atoms with van der Waals surface area (Å²) in [5.74, 6) is -7.00. The molecule has 30 nitrogen and oxygen atoms in total. The lowest BCUT2D eigenvalue weighted by Gasteiger charge is -2.52. The summed E-state index contributed by atoms with van der Waals surface area (Å²) in [5, 5.41) is 166. The predicted octanol–water partition coefficient (Wildman–Crippen LogP) is -10.2. The molecule has 0 aromatic rings. The Morgan fingerprint density at radius 3 is 1.71 bits per heavy atom. The van der Waals surface area contributed by atoms with Gasteiger partial charge >= 0.3 is 5.97 Å². The van der Waals surface area contributed by atoms with Gasteiger partial charge in [0.25, 0.3) is 5.79 Å². The molecule has 2 amide bonds. The molecule has 398 valence electrons. The zero-order chi connectivity index (χ0) is 51.4. The number of carboxylic acid groups (broad SMARTS) is 1. The first-order valence-electron chi connectivity index (χ1n) is 21.7. The molecule has 69 heavy (non-hydrogen) atoms. The van der Waals surface area contributed by atoms with Gasteiger partial charge in [0.05, 0.1) is 50.9 Å². The molecule has 0 spiro atoms. The van der Waals surface area contributed by atoms with Gasteiger partial charge in [-0.15, -0.1) is 0 Å². The molecule has 0 saturated carbocycles. The number of ether oxygens (including phenoxy) is 10. The summed E-state index contributed by atoms with van der Waals surface area (Å²) >= 11 is 0. The Morgan fingerprint density at radius 2 is 1.16 bits per heavy atom. The molecule has 0 bridgehead atoms. The Balaban J connectivity index is 1.58. The molecule has 17 N–H and O–H groups in total. The number of carbonyl (C=O) groups excluding carboxylic acids is 2. The smallest absolute Gasteiger partial charge is 0.364 e. The molecule has 5 aliphatic heterocycles. The summed E-state index contributed by atoms with van der Waals surface area (Å²) < 4.78 is 57.7. The van der Waals surface area contributed by atoms with E-state index in [1.54, 1.807) is 0 Å². The van der Waals surface area contributed by atoms with Gasteiger partial charge in [-0.2, -0.15) is 0 Å². The highest BCUT2D eigenvalue weighted by atomic mass is 16.8.